The lowest BCUT2D eigenvalue weighted by Crippen LogP contribution is -2.31. The average Bonchev–Trinajstić information content (AvgIpc) is 2.91. The van der Waals surface area contributed by atoms with E-state index in [9.17, 15) is 14.4 Å². The van der Waals surface area contributed by atoms with Crippen LogP contribution in [0.2, 0.25) is 0 Å². The Morgan fingerprint density at radius 2 is 1.67 bits per heavy atom. The number of carbonyl (C=O) groups excluding carboxylic acids is 3. The van der Waals surface area contributed by atoms with Gasteiger partial charge in [-0.25, -0.2) is 9.59 Å². The molecule has 3 aromatic rings. The Balaban J connectivity index is 1.62. The van der Waals surface area contributed by atoms with Crippen molar-refractivity contribution in [2.24, 2.45) is 0 Å². The molecule has 0 saturated heterocycles. The van der Waals surface area contributed by atoms with Crippen LogP contribution in [0.25, 0.3) is 0 Å². The van der Waals surface area contributed by atoms with Crippen molar-refractivity contribution in [3.8, 4) is 0 Å². The molecular weight excluding hydrogens is 564 g/mol. The monoisotopic (exact) mass is 596 g/mol. The van der Waals surface area contributed by atoms with E-state index in [1.165, 1.54) is 0 Å². The SMILES string of the molecule is CCOC(=O)C[C@@H](NC(=O)OCc1ccccc1)c1cccc(NC(=O)OC[C@H](C)c2ccc(Br)cc2C)c1. The Labute approximate surface area is 237 Å². The molecule has 0 bridgehead atoms. The van der Waals surface area contributed by atoms with Crippen molar-refractivity contribution in [1.82, 2.24) is 5.32 Å². The maximum atomic E-state index is 12.5. The zero-order chi connectivity index (χ0) is 28.2. The molecule has 0 aliphatic rings. The lowest BCUT2D eigenvalue weighted by atomic mass is 9.97. The highest BCUT2D eigenvalue weighted by molar-refractivity contribution is 9.10. The van der Waals surface area contributed by atoms with Gasteiger partial charge < -0.3 is 19.5 Å². The summed E-state index contributed by atoms with van der Waals surface area (Å²) in [7, 11) is 0. The number of nitrogens with one attached hydrogen (secondary N) is 2. The molecule has 2 N–H and O–H groups in total. The van der Waals surface area contributed by atoms with Crippen molar-refractivity contribution in [2.75, 3.05) is 18.5 Å². The van der Waals surface area contributed by atoms with Gasteiger partial charge in [-0.3, -0.25) is 10.1 Å². The first-order valence-corrected chi connectivity index (χ1v) is 13.5. The molecule has 0 fully saturated rings. The fourth-order valence-electron chi connectivity index (χ4n) is 4.02. The minimum atomic E-state index is -0.731. The molecule has 206 valence electrons. The number of esters is 1. The van der Waals surface area contributed by atoms with Crippen LogP contribution < -0.4 is 10.6 Å². The average molecular weight is 598 g/mol. The van der Waals surface area contributed by atoms with Crippen LogP contribution in [-0.4, -0.2) is 31.4 Å². The third kappa shape index (κ3) is 9.76. The smallest absolute Gasteiger partial charge is 0.411 e. The van der Waals surface area contributed by atoms with Crippen LogP contribution in [0.5, 0.6) is 0 Å². The van der Waals surface area contributed by atoms with Crippen molar-refractivity contribution in [3.63, 3.8) is 0 Å². The normalized spacial score (nSPS) is 12.1. The zero-order valence-electron chi connectivity index (χ0n) is 22.2. The van der Waals surface area contributed by atoms with E-state index in [0.717, 1.165) is 21.2 Å². The minimum Gasteiger partial charge on any atom is -0.466 e. The van der Waals surface area contributed by atoms with Crippen LogP contribution in [0.3, 0.4) is 0 Å². The van der Waals surface area contributed by atoms with E-state index in [0.29, 0.717) is 11.3 Å². The molecule has 8 nitrogen and oxygen atoms in total. The summed E-state index contributed by atoms with van der Waals surface area (Å²) >= 11 is 3.46. The molecule has 0 saturated carbocycles. The number of ether oxygens (including phenoxy) is 3. The standard InChI is InChI=1S/C30H33BrN2O6/c1-4-37-28(34)17-27(33-30(36)39-19-22-9-6-5-7-10-22)23-11-8-12-25(16-23)32-29(35)38-18-21(3)26-14-13-24(31)15-20(26)2/h5-16,21,27H,4,17-19H2,1-3H3,(H,32,35)(H,33,36)/t21-,27+/m0/s1. The summed E-state index contributed by atoms with van der Waals surface area (Å²) in [6.45, 7) is 6.23. The molecule has 2 atom stereocenters. The molecule has 3 aromatic carbocycles. The second-order valence-electron chi connectivity index (χ2n) is 9.02. The highest BCUT2D eigenvalue weighted by Crippen LogP contribution is 2.24. The number of aryl methyl sites for hydroxylation is 1. The van der Waals surface area contributed by atoms with Crippen LogP contribution in [0.15, 0.2) is 77.3 Å². The number of hydrogen-bond acceptors (Lipinski definition) is 6. The number of rotatable bonds is 11. The van der Waals surface area contributed by atoms with Crippen molar-refractivity contribution < 1.29 is 28.6 Å². The molecule has 0 aromatic heterocycles. The molecule has 3 rings (SSSR count). The third-order valence-electron chi connectivity index (χ3n) is 5.94. The Morgan fingerprint density at radius 3 is 2.38 bits per heavy atom. The highest BCUT2D eigenvalue weighted by Gasteiger charge is 2.21. The predicted octanol–water partition coefficient (Wildman–Crippen LogP) is 7.03. The molecule has 0 unspecified atom stereocenters. The Kier molecular flexibility index (Phi) is 11.4. The molecule has 0 heterocycles. The van der Waals surface area contributed by atoms with E-state index in [2.05, 4.69) is 26.6 Å². The first kappa shape index (κ1) is 29.7. The number of anilines is 1. The topological polar surface area (TPSA) is 103 Å². The van der Waals surface area contributed by atoms with Gasteiger partial charge in [0.25, 0.3) is 0 Å². The van der Waals surface area contributed by atoms with E-state index in [4.69, 9.17) is 14.2 Å². The Bertz CT molecular complexity index is 1270. The summed E-state index contributed by atoms with van der Waals surface area (Å²) in [6.07, 6.45) is -1.39. The van der Waals surface area contributed by atoms with Crippen LogP contribution in [0, 0.1) is 6.92 Å². The van der Waals surface area contributed by atoms with Crippen LogP contribution >= 0.6 is 15.9 Å². The minimum absolute atomic E-state index is 0.00948. The molecular formula is C30H33BrN2O6. The van der Waals surface area contributed by atoms with Gasteiger partial charge in [-0.05, 0) is 60.4 Å². The summed E-state index contributed by atoms with van der Waals surface area (Å²) < 4.78 is 16.9. The summed E-state index contributed by atoms with van der Waals surface area (Å²) in [5.41, 5.74) is 4.09. The second kappa shape index (κ2) is 14.9. The summed E-state index contributed by atoms with van der Waals surface area (Å²) in [6, 6.07) is 21.4. The summed E-state index contributed by atoms with van der Waals surface area (Å²) in [5.74, 6) is -0.462. The van der Waals surface area contributed by atoms with E-state index in [1.807, 2.05) is 62.4 Å². The van der Waals surface area contributed by atoms with Crippen LogP contribution in [-0.2, 0) is 25.6 Å². The first-order chi connectivity index (χ1) is 18.7. The molecule has 39 heavy (non-hydrogen) atoms. The molecule has 0 spiro atoms. The fraction of sp³-hybridized carbons (Fsp3) is 0.300. The van der Waals surface area contributed by atoms with Gasteiger partial charge in [0.2, 0.25) is 0 Å². The highest BCUT2D eigenvalue weighted by atomic mass is 79.9. The van der Waals surface area contributed by atoms with Gasteiger partial charge in [-0.15, -0.1) is 0 Å². The van der Waals surface area contributed by atoms with Gasteiger partial charge in [0, 0.05) is 16.1 Å². The molecule has 2 amide bonds. The van der Waals surface area contributed by atoms with Crippen LogP contribution in [0.4, 0.5) is 15.3 Å². The maximum absolute atomic E-state index is 12.5. The fourth-order valence-corrected chi connectivity index (χ4v) is 4.49. The Morgan fingerprint density at radius 1 is 0.897 bits per heavy atom. The molecule has 0 radical (unpaired) electrons. The van der Waals surface area contributed by atoms with E-state index in [-0.39, 0.29) is 32.2 Å². The number of benzene rings is 3. The van der Waals surface area contributed by atoms with Crippen molar-refractivity contribution in [1.29, 1.82) is 0 Å². The number of hydrogen-bond donors (Lipinski definition) is 2. The molecule has 0 aliphatic heterocycles. The van der Waals surface area contributed by atoms with Crippen molar-refractivity contribution in [2.45, 2.75) is 45.8 Å². The van der Waals surface area contributed by atoms with Crippen molar-refractivity contribution >= 4 is 39.8 Å². The van der Waals surface area contributed by atoms with Crippen molar-refractivity contribution in [3.05, 3.63) is 99.5 Å². The number of amides is 2. The third-order valence-corrected chi connectivity index (χ3v) is 6.44. The number of halogens is 1. The lowest BCUT2D eigenvalue weighted by Gasteiger charge is -2.19. The van der Waals surface area contributed by atoms with E-state index < -0.39 is 24.2 Å². The largest absolute Gasteiger partial charge is 0.466 e. The second-order valence-corrected chi connectivity index (χ2v) is 9.93. The predicted molar refractivity (Wildman–Crippen MR) is 152 cm³/mol. The van der Waals surface area contributed by atoms with Gasteiger partial charge >= 0.3 is 18.2 Å². The summed E-state index contributed by atoms with van der Waals surface area (Å²) in [4.78, 5) is 37.3. The zero-order valence-corrected chi connectivity index (χ0v) is 23.8. The number of alkyl carbamates (subject to hydrolysis) is 1. The number of carbonyl (C=O) groups is 3. The quantitative estimate of drug-likeness (QED) is 0.182. The van der Waals surface area contributed by atoms with Crippen LogP contribution in [0.1, 0.15) is 54.5 Å². The summed E-state index contributed by atoms with van der Waals surface area (Å²) in [5, 5.41) is 5.45. The van der Waals surface area contributed by atoms with Gasteiger partial charge in [-0.2, -0.15) is 0 Å². The van der Waals surface area contributed by atoms with Gasteiger partial charge in [0.05, 0.1) is 25.7 Å². The van der Waals surface area contributed by atoms with Gasteiger partial charge in [0.1, 0.15) is 6.61 Å². The maximum Gasteiger partial charge on any atom is 0.411 e. The lowest BCUT2D eigenvalue weighted by molar-refractivity contribution is -0.143. The van der Waals surface area contributed by atoms with Gasteiger partial charge in [-0.1, -0.05) is 71.4 Å². The first-order valence-electron chi connectivity index (χ1n) is 12.7. The Hall–Kier alpha value is -3.85. The van der Waals surface area contributed by atoms with E-state index in [1.54, 1.807) is 31.2 Å². The molecule has 0 aliphatic carbocycles. The van der Waals surface area contributed by atoms with E-state index >= 15 is 0 Å². The molecule has 9 heteroatoms. The van der Waals surface area contributed by atoms with Gasteiger partial charge in [0.15, 0.2) is 0 Å².